The molecule has 0 aliphatic heterocycles. The van der Waals surface area contributed by atoms with E-state index >= 15 is 0 Å². The number of carbonyl (C=O) groups excluding carboxylic acids is 1. The second kappa shape index (κ2) is 8.21. The van der Waals surface area contributed by atoms with E-state index in [1.807, 2.05) is 12.1 Å². The summed E-state index contributed by atoms with van der Waals surface area (Å²) in [6.45, 7) is 2.70. The number of aliphatic carboxylic acids is 1. The molecule has 0 atom stereocenters. The van der Waals surface area contributed by atoms with Crippen molar-refractivity contribution in [1.29, 1.82) is 0 Å². The molecule has 3 aromatic rings. The second-order valence-corrected chi connectivity index (χ2v) is 7.99. The fraction of sp³-hybridized carbons (Fsp3) is 0.182. The Morgan fingerprint density at radius 3 is 2.55 bits per heavy atom. The van der Waals surface area contributed by atoms with Crippen molar-refractivity contribution >= 4 is 38.6 Å². The van der Waals surface area contributed by atoms with Crippen molar-refractivity contribution in [2.24, 2.45) is 0 Å². The van der Waals surface area contributed by atoms with Gasteiger partial charge in [0.1, 0.15) is 23.7 Å². The zero-order valence-corrected chi connectivity index (χ0v) is 17.4. The minimum atomic E-state index is -1.46. The largest absolute Gasteiger partial charge is 0.487 e. The molecular weight excluding hydrogens is 441 g/mol. The highest BCUT2D eigenvalue weighted by atomic mass is 79.9. The van der Waals surface area contributed by atoms with Gasteiger partial charge < -0.3 is 15.2 Å². The molecule has 0 unspecified atom stereocenters. The lowest BCUT2D eigenvalue weighted by atomic mass is 10.0. The molecule has 0 fully saturated rings. The van der Waals surface area contributed by atoms with Crippen LogP contribution in [0.25, 0.3) is 10.8 Å². The first-order chi connectivity index (χ1) is 13.7. The molecule has 150 valence electrons. The Kier molecular flexibility index (Phi) is 5.88. The highest BCUT2D eigenvalue weighted by Gasteiger charge is 2.30. The van der Waals surface area contributed by atoms with Crippen molar-refractivity contribution in [2.75, 3.05) is 0 Å². The Morgan fingerprint density at radius 2 is 1.86 bits per heavy atom. The number of hydrogen-bond acceptors (Lipinski definition) is 3. The van der Waals surface area contributed by atoms with E-state index < -0.39 is 23.2 Å². The molecule has 7 heteroatoms. The smallest absolute Gasteiger partial charge is 0.328 e. The summed E-state index contributed by atoms with van der Waals surface area (Å²) in [5.41, 5.74) is -0.952. The van der Waals surface area contributed by atoms with Crippen LogP contribution in [-0.2, 0) is 11.4 Å². The van der Waals surface area contributed by atoms with Gasteiger partial charge in [0.15, 0.2) is 0 Å². The van der Waals surface area contributed by atoms with Gasteiger partial charge in [-0.1, -0.05) is 52.3 Å². The van der Waals surface area contributed by atoms with Crippen LogP contribution in [0.2, 0.25) is 0 Å². The third-order valence-corrected chi connectivity index (χ3v) is 4.97. The van der Waals surface area contributed by atoms with Gasteiger partial charge in [0.05, 0.1) is 5.56 Å². The topological polar surface area (TPSA) is 75.6 Å². The zero-order chi connectivity index (χ0) is 21.2. The zero-order valence-electron chi connectivity index (χ0n) is 15.8. The minimum absolute atomic E-state index is 0.0876. The number of rotatable bonds is 6. The van der Waals surface area contributed by atoms with Crippen LogP contribution in [-0.4, -0.2) is 22.5 Å². The number of amides is 1. The molecule has 0 saturated heterocycles. The van der Waals surface area contributed by atoms with Crippen LogP contribution in [0, 0.1) is 5.82 Å². The van der Waals surface area contributed by atoms with Crippen molar-refractivity contribution in [1.82, 2.24) is 5.32 Å². The van der Waals surface area contributed by atoms with Crippen molar-refractivity contribution in [3.63, 3.8) is 0 Å². The van der Waals surface area contributed by atoms with E-state index in [0.29, 0.717) is 15.4 Å². The quantitative estimate of drug-likeness (QED) is 0.548. The summed E-state index contributed by atoms with van der Waals surface area (Å²) in [5, 5.41) is 13.3. The molecule has 0 bridgehead atoms. The Morgan fingerprint density at radius 1 is 1.14 bits per heavy atom. The summed E-state index contributed by atoms with van der Waals surface area (Å²) in [7, 11) is 0. The van der Waals surface area contributed by atoms with Crippen LogP contribution >= 0.6 is 15.9 Å². The summed E-state index contributed by atoms with van der Waals surface area (Å²) in [4.78, 5) is 24.2. The number of nitrogens with one attached hydrogen (secondary N) is 1. The third kappa shape index (κ3) is 4.56. The van der Waals surface area contributed by atoms with Crippen molar-refractivity contribution < 1.29 is 23.8 Å². The van der Waals surface area contributed by atoms with Crippen LogP contribution in [0.3, 0.4) is 0 Å². The molecule has 0 spiro atoms. The van der Waals surface area contributed by atoms with Crippen LogP contribution in [0.4, 0.5) is 4.39 Å². The fourth-order valence-electron chi connectivity index (χ4n) is 2.77. The first-order valence-electron chi connectivity index (χ1n) is 8.83. The molecule has 0 aliphatic rings. The molecular formula is C22H19BrFNO4. The molecule has 0 aromatic heterocycles. The number of ether oxygens (including phenoxy) is 1. The van der Waals surface area contributed by atoms with Gasteiger partial charge in [-0.2, -0.15) is 0 Å². The maximum atomic E-state index is 14.2. The monoisotopic (exact) mass is 459 g/mol. The molecule has 3 rings (SSSR count). The van der Waals surface area contributed by atoms with Gasteiger partial charge >= 0.3 is 5.97 Å². The Balaban J connectivity index is 2.00. The van der Waals surface area contributed by atoms with Gasteiger partial charge in [-0.3, -0.25) is 4.79 Å². The Hall–Kier alpha value is -2.93. The van der Waals surface area contributed by atoms with Crippen molar-refractivity contribution in [2.45, 2.75) is 26.0 Å². The van der Waals surface area contributed by atoms with E-state index in [0.717, 1.165) is 5.39 Å². The number of carboxylic acid groups (broad SMARTS) is 1. The third-order valence-electron chi connectivity index (χ3n) is 4.47. The fourth-order valence-corrected chi connectivity index (χ4v) is 3.10. The number of carbonyl (C=O) groups is 2. The van der Waals surface area contributed by atoms with Gasteiger partial charge in [0.2, 0.25) is 0 Å². The lowest BCUT2D eigenvalue weighted by molar-refractivity contribution is -0.143. The maximum absolute atomic E-state index is 14.2. The number of carboxylic acids is 1. The van der Waals surface area contributed by atoms with E-state index in [2.05, 4.69) is 21.2 Å². The highest BCUT2D eigenvalue weighted by molar-refractivity contribution is 9.10. The molecule has 2 N–H and O–H groups in total. The van der Waals surface area contributed by atoms with Crippen LogP contribution in [0.1, 0.15) is 29.8 Å². The SMILES string of the molecule is CC(C)(NC(=O)c1ccc2ccccc2c1OCc1ccc(Br)cc1F)C(=O)O. The molecule has 5 nitrogen and oxygen atoms in total. The number of halogens is 2. The molecule has 0 saturated carbocycles. The molecule has 29 heavy (non-hydrogen) atoms. The van der Waals surface area contributed by atoms with E-state index in [9.17, 15) is 19.1 Å². The van der Waals surface area contributed by atoms with Crippen molar-refractivity contribution in [3.05, 3.63) is 76.0 Å². The molecule has 3 aromatic carbocycles. The average molecular weight is 460 g/mol. The maximum Gasteiger partial charge on any atom is 0.328 e. The summed E-state index contributed by atoms with van der Waals surface area (Å²) in [5.74, 6) is -1.91. The predicted octanol–water partition coefficient (Wildman–Crippen LogP) is 4.91. The first kappa shape index (κ1) is 20.8. The first-order valence-corrected chi connectivity index (χ1v) is 9.63. The highest BCUT2D eigenvalue weighted by Crippen LogP contribution is 2.31. The normalized spacial score (nSPS) is 11.3. The lowest BCUT2D eigenvalue weighted by Gasteiger charge is -2.22. The van der Waals surface area contributed by atoms with E-state index in [-0.39, 0.29) is 17.9 Å². The van der Waals surface area contributed by atoms with E-state index in [1.165, 1.54) is 19.9 Å². The second-order valence-electron chi connectivity index (χ2n) is 7.07. The van der Waals surface area contributed by atoms with Gasteiger partial charge in [-0.25, -0.2) is 9.18 Å². The van der Waals surface area contributed by atoms with Gasteiger partial charge in [-0.05, 0) is 37.4 Å². The molecule has 0 radical (unpaired) electrons. The molecule has 0 aliphatic carbocycles. The number of fused-ring (bicyclic) bond motifs is 1. The molecule has 1 amide bonds. The average Bonchev–Trinajstić information content (AvgIpc) is 2.66. The Bertz CT molecular complexity index is 1100. The van der Waals surface area contributed by atoms with E-state index in [4.69, 9.17) is 4.74 Å². The number of benzene rings is 3. The van der Waals surface area contributed by atoms with E-state index in [1.54, 1.807) is 36.4 Å². The van der Waals surface area contributed by atoms with Gasteiger partial charge in [-0.15, -0.1) is 0 Å². The lowest BCUT2D eigenvalue weighted by Crippen LogP contribution is -2.49. The van der Waals surface area contributed by atoms with Crippen LogP contribution in [0.5, 0.6) is 5.75 Å². The minimum Gasteiger partial charge on any atom is -0.487 e. The molecule has 0 heterocycles. The van der Waals surface area contributed by atoms with Gasteiger partial charge in [0.25, 0.3) is 5.91 Å². The number of hydrogen-bond donors (Lipinski definition) is 2. The standard InChI is InChI=1S/C22H19BrFNO4/c1-22(2,21(27)28)25-20(26)17-10-8-13-5-3-4-6-16(13)19(17)29-12-14-7-9-15(23)11-18(14)24/h3-11H,12H2,1-2H3,(H,25,26)(H,27,28). The summed E-state index contributed by atoms with van der Waals surface area (Å²) in [6.07, 6.45) is 0. The van der Waals surface area contributed by atoms with Crippen LogP contribution < -0.4 is 10.1 Å². The summed E-state index contributed by atoms with van der Waals surface area (Å²) < 4.78 is 20.7. The Labute approximate surface area is 175 Å². The van der Waals surface area contributed by atoms with Gasteiger partial charge in [0, 0.05) is 15.4 Å². The summed E-state index contributed by atoms with van der Waals surface area (Å²) in [6, 6.07) is 15.3. The van der Waals surface area contributed by atoms with Crippen LogP contribution in [0.15, 0.2) is 59.1 Å². The summed E-state index contributed by atoms with van der Waals surface area (Å²) >= 11 is 3.21. The van der Waals surface area contributed by atoms with Crippen molar-refractivity contribution in [3.8, 4) is 5.75 Å². The predicted molar refractivity (Wildman–Crippen MR) is 112 cm³/mol.